The van der Waals surface area contributed by atoms with E-state index in [0.29, 0.717) is 6.54 Å². The van der Waals surface area contributed by atoms with Gasteiger partial charge < -0.3 is 5.32 Å². The summed E-state index contributed by atoms with van der Waals surface area (Å²) in [7, 11) is 3.08. The van der Waals surface area contributed by atoms with Crippen LogP contribution in [0.25, 0.3) is 0 Å². The Bertz CT molecular complexity index is 431. The molecule has 92 valence electrons. The molecule has 17 heavy (non-hydrogen) atoms. The van der Waals surface area contributed by atoms with Crippen LogP contribution in [0.3, 0.4) is 0 Å². The van der Waals surface area contributed by atoms with Crippen LogP contribution in [0.1, 0.15) is 6.92 Å². The van der Waals surface area contributed by atoms with Crippen LogP contribution in [0.4, 0.5) is 4.79 Å². The molecule has 0 aliphatic carbocycles. The second-order valence-electron chi connectivity index (χ2n) is 3.75. The van der Waals surface area contributed by atoms with E-state index in [4.69, 9.17) is 0 Å². The number of aliphatic imine (C=N–C) groups is 1. The van der Waals surface area contributed by atoms with E-state index in [9.17, 15) is 9.59 Å². The van der Waals surface area contributed by atoms with Crippen molar-refractivity contribution in [3.05, 3.63) is 0 Å². The molecule has 0 aromatic heterocycles. The molecule has 3 amide bonds. The smallest absolute Gasteiger partial charge is 0.327 e. The molecule has 0 saturated carbocycles. The third kappa shape index (κ3) is 1.30. The van der Waals surface area contributed by atoms with Gasteiger partial charge in [0.25, 0.3) is 11.6 Å². The summed E-state index contributed by atoms with van der Waals surface area (Å²) >= 11 is 0. The molecule has 2 rings (SSSR count). The Morgan fingerprint density at radius 2 is 2.29 bits per heavy atom. The van der Waals surface area contributed by atoms with Crippen molar-refractivity contribution < 1.29 is 9.59 Å². The maximum atomic E-state index is 12.1. The summed E-state index contributed by atoms with van der Waals surface area (Å²) in [5.74, 6) is -0.0878. The van der Waals surface area contributed by atoms with Gasteiger partial charge in [-0.05, 0) is 6.92 Å². The minimum Gasteiger partial charge on any atom is -0.352 e. The first-order valence-corrected chi connectivity index (χ1v) is 5.23. The number of amidine groups is 1. The monoisotopic (exact) mass is 238 g/mol. The molecule has 1 fully saturated rings. The molecule has 8 heteroatoms. The summed E-state index contributed by atoms with van der Waals surface area (Å²) in [6, 6.07) is -0.323. The largest absolute Gasteiger partial charge is 0.352 e. The maximum absolute atomic E-state index is 12.1. The number of hydrogen-bond donors (Lipinski definition) is 2. The predicted molar refractivity (Wildman–Crippen MR) is 61.4 cm³/mol. The van der Waals surface area contributed by atoms with Gasteiger partial charge in [0.05, 0.1) is 0 Å². The lowest BCUT2D eigenvalue weighted by Crippen LogP contribution is -2.59. The van der Waals surface area contributed by atoms with Gasteiger partial charge in [0.2, 0.25) is 0 Å². The zero-order chi connectivity index (χ0) is 12.6. The van der Waals surface area contributed by atoms with Crippen LogP contribution in [0, 0.1) is 0 Å². The van der Waals surface area contributed by atoms with Crippen molar-refractivity contribution in [3.63, 3.8) is 0 Å². The van der Waals surface area contributed by atoms with E-state index in [1.807, 2.05) is 0 Å². The van der Waals surface area contributed by atoms with Gasteiger partial charge >= 0.3 is 6.03 Å². The standard InChI is InChI=1S/C9H14N6O2/c1-4-10-7(16)9-6(13-12-5-11-9)14(2)8(17)15(9)3/h5H,4H2,1-3H3,(H,10,16)(H,11,12)/t9-/m1/s1. The fourth-order valence-corrected chi connectivity index (χ4v) is 1.94. The number of amides is 3. The van der Waals surface area contributed by atoms with Crippen LogP contribution < -0.4 is 10.7 Å². The van der Waals surface area contributed by atoms with Crippen molar-refractivity contribution in [2.45, 2.75) is 12.6 Å². The van der Waals surface area contributed by atoms with Crippen molar-refractivity contribution in [3.8, 4) is 0 Å². The van der Waals surface area contributed by atoms with Crippen LogP contribution in [-0.2, 0) is 4.79 Å². The average Bonchev–Trinajstić information content (AvgIpc) is 2.54. The van der Waals surface area contributed by atoms with Crippen LogP contribution in [0.5, 0.6) is 0 Å². The van der Waals surface area contributed by atoms with Crippen LogP contribution >= 0.6 is 0 Å². The van der Waals surface area contributed by atoms with Gasteiger partial charge in [-0.15, -0.1) is 0 Å². The number of rotatable bonds is 2. The molecule has 0 bridgehead atoms. The molecule has 2 heterocycles. The van der Waals surface area contributed by atoms with Gasteiger partial charge in [-0.25, -0.2) is 9.79 Å². The Labute approximate surface area is 98.4 Å². The SMILES string of the molecule is CCNC(=O)[C@@]12N=CNN=C1N(C)C(=O)N2C. The van der Waals surface area contributed by atoms with Gasteiger partial charge in [-0.1, -0.05) is 0 Å². The molecule has 0 unspecified atom stereocenters. The fraction of sp³-hybridized carbons (Fsp3) is 0.556. The summed E-state index contributed by atoms with van der Waals surface area (Å²) in [5.41, 5.74) is 1.16. The number of likely N-dealkylation sites (N-methyl/N-ethyl adjacent to an activating group) is 3. The molecule has 0 spiro atoms. The number of hydrogen-bond acceptors (Lipinski definition) is 5. The van der Waals surface area contributed by atoms with Crippen molar-refractivity contribution >= 4 is 24.1 Å². The number of fused-ring (bicyclic) bond motifs is 1. The molecule has 2 N–H and O–H groups in total. The average molecular weight is 238 g/mol. The minimum atomic E-state index is -1.38. The topological polar surface area (TPSA) is 89.4 Å². The van der Waals surface area contributed by atoms with E-state index >= 15 is 0 Å². The van der Waals surface area contributed by atoms with E-state index in [1.165, 1.54) is 23.2 Å². The third-order valence-electron chi connectivity index (χ3n) is 2.82. The predicted octanol–water partition coefficient (Wildman–Crippen LogP) is -1.24. The lowest BCUT2D eigenvalue weighted by Gasteiger charge is -2.30. The Morgan fingerprint density at radius 1 is 1.59 bits per heavy atom. The number of nitrogens with one attached hydrogen (secondary N) is 2. The molecule has 8 nitrogen and oxygen atoms in total. The molecule has 2 aliphatic rings. The molecule has 0 radical (unpaired) electrons. The first-order valence-electron chi connectivity index (χ1n) is 5.23. The molecular weight excluding hydrogens is 224 g/mol. The summed E-state index contributed by atoms with van der Waals surface area (Å²) < 4.78 is 0. The van der Waals surface area contributed by atoms with Crippen molar-refractivity contribution in [2.24, 2.45) is 10.1 Å². The number of hydrazone groups is 1. The normalized spacial score (nSPS) is 26.5. The summed E-state index contributed by atoms with van der Waals surface area (Å²) in [6.07, 6.45) is 1.31. The van der Waals surface area contributed by atoms with E-state index < -0.39 is 5.66 Å². The number of urea groups is 1. The second kappa shape index (κ2) is 3.72. The van der Waals surface area contributed by atoms with Crippen LogP contribution in [-0.4, -0.2) is 60.2 Å². The Morgan fingerprint density at radius 3 is 2.94 bits per heavy atom. The molecule has 0 aromatic carbocycles. The third-order valence-corrected chi connectivity index (χ3v) is 2.82. The first-order chi connectivity index (χ1) is 8.05. The van der Waals surface area contributed by atoms with E-state index in [1.54, 1.807) is 14.0 Å². The Hall–Kier alpha value is -2.12. The Kier molecular flexibility index (Phi) is 2.49. The number of carbonyl (C=O) groups is 2. The highest BCUT2D eigenvalue weighted by molar-refractivity contribution is 6.22. The Balaban J connectivity index is 2.50. The van der Waals surface area contributed by atoms with Crippen molar-refractivity contribution in [1.82, 2.24) is 20.5 Å². The lowest BCUT2D eigenvalue weighted by molar-refractivity contribution is -0.126. The molecule has 1 atom stereocenters. The summed E-state index contributed by atoms with van der Waals surface area (Å²) in [5, 5.41) is 6.64. The van der Waals surface area contributed by atoms with Crippen molar-refractivity contribution in [2.75, 3.05) is 20.6 Å². The zero-order valence-electron chi connectivity index (χ0n) is 9.89. The number of carbonyl (C=O) groups excluding carboxylic acids is 2. The van der Waals surface area contributed by atoms with E-state index in [2.05, 4.69) is 20.8 Å². The van der Waals surface area contributed by atoms with Gasteiger partial charge in [-0.2, -0.15) is 5.10 Å². The summed E-state index contributed by atoms with van der Waals surface area (Å²) in [4.78, 5) is 30.7. The minimum absolute atomic E-state index is 0.276. The molecule has 1 saturated heterocycles. The van der Waals surface area contributed by atoms with Crippen LogP contribution in [0.15, 0.2) is 10.1 Å². The van der Waals surface area contributed by atoms with Gasteiger partial charge in [0, 0.05) is 20.6 Å². The lowest BCUT2D eigenvalue weighted by atomic mass is 10.1. The molecule has 0 aromatic rings. The van der Waals surface area contributed by atoms with E-state index in [0.717, 1.165) is 0 Å². The zero-order valence-corrected chi connectivity index (χ0v) is 9.89. The molecular formula is C9H14N6O2. The maximum Gasteiger partial charge on any atom is 0.327 e. The first kappa shape index (κ1) is 11.4. The highest BCUT2D eigenvalue weighted by Crippen LogP contribution is 2.29. The van der Waals surface area contributed by atoms with Crippen LogP contribution in [0.2, 0.25) is 0 Å². The van der Waals surface area contributed by atoms with E-state index in [-0.39, 0.29) is 17.8 Å². The molecule has 2 aliphatic heterocycles. The highest BCUT2D eigenvalue weighted by Gasteiger charge is 2.59. The second-order valence-corrected chi connectivity index (χ2v) is 3.75. The highest BCUT2D eigenvalue weighted by atomic mass is 16.2. The quantitative estimate of drug-likeness (QED) is 0.630. The van der Waals surface area contributed by atoms with Gasteiger partial charge in [-0.3, -0.25) is 20.0 Å². The number of nitrogens with zero attached hydrogens (tertiary/aromatic N) is 4. The van der Waals surface area contributed by atoms with Crippen molar-refractivity contribution in [1.29, 1.82) is 0 Å². The fourth-order valence-electron chi connectivity index (χ4n) is 1.94. The van der Waals surface area contributed by atoms with Gasteiger partial charge in [0.15, 0.2) is 5.84 Å². The van der Waals surface area contributed by atoms with Gasteiger partial charge in [0.1, 0.15) is 6.34 Å². The summed E-state index contributed by atoms with van der Waals surface area (Å²) in [6.45, 7) is 2.26.